The second-order valence-electron chi connectivity index (χ2n) is 6.26. The molecule has 5 heteroatoms. The molecule has 0 radical (unpaired) electrons. The van der Waals surface area contributed by atoms with E-state index in [1.165, 1.54) is 5.56 Å². The van der Waals surface area contributed by atoms with Gasteiger partial charge < -0.3 is 4.40 Å². The third kappa shape index (κ3) is 2.38. The molecule has 0 bridgehead atoms. The molecule has 4 aromatic rings. The van der Waals surface area contributed by atoms with Crippen LogP contribution in [0.4, 0.5) is 0 Å². The minimum Gasteiger partial charge on any atom is -0.306 e. The third-order valence-electron chi connectivity index (χ3n) is 4.17. The van der Waals surface area contributed by atoms with E-state index in [0.717, 1.165) is 28.4 Å². The number of hydrogen-bond donors (Lipinski definition) is 0. The standard InChI is InChI=1S/C19H19N5/c1-13(2)16-11-21-24(18-6-4-5-14(3)22-18)19(16)15-7-8-17-20-9-10-23(17)12-15/h4-13H,1-3H3. The molecule has 120 valence electrons. The van der Waals surface area contributed by atoms with Crippen LogP contribution in [0.25, 0.3) is 22.7 Å². The van der Waals surface area contributed by atoms with Crippen LogP contribution in [0, 0.1) is 6.92 Å². The van der Waals surface area contributed by atoms with Gasteiger partial charge in [0.05, 0.1) is 11.9 Å². The predicted molar refractivity (Wildman–Crippen MR) is 94.4 cm³/mol. The summed E-state index contributed by atoms with van der Waals surface area (Å²) in [6, 6.07) is 10.1. The largest absolute Gasteiger partial charge is 0.306 e. The molecule has 0 aliphatic heterocycles. The molecule has 4 aromatic heterocycles. The fourth-order valence-electron chi connectivity index (χ4n) is 2.95. The van der Waals surface area contributed by atoms with Crippen molar-refractivity contribution in [2.45, 2.75) is 26.7 Å². The monoisotopic (exact) mass is 317 g/mol. The Morgan fingerprint density at radius 3 is 2.75 bits per heavy atom. The molecule has 0 N–H and O–H groups in total. The molecule has 24 heavy (non-hydrogen) atoms. The summed E-state index contributed by atoms with van der Waals surface area (Å²) < 4.78 is 3.96. The van der Waals surface area contributed by atoms with E-state index in [1.807, 2.05) is 58.9 Å². The molecule has 0 aliphatic rings. The smallest absolute Gasteiger partial charge is 0.154 e. The van der Waals surface area contributed by atoms with Gasteiger partial charge in [0.15, 0.2) is 5.82 Å². The number of rotatable bonds is 3. The van der Waals surface area contributed by atoms with E-state index in [1.54, 1.807) is 0 Å². The summed E-state index contributed by atoms with van der Waals surface area (Å²) in [5.41, 5.74) is 5.30. The minimum absolute atomic E-state index is 0.372. The molecule has 4 rings (SSSR count). The molecule has 0 fully saturated rings. The van der Waals surface area contributed by atoms with Gasteiger partial charge in [0.25, 0.3) is 0 Å². The Bertz CT molecular complexity index is 1010. The average Bonchev–Trinajstić information content (AvgIpc) is 3.20. The maximum Gasteiger partial charge on any atom is 0.154 e. The number of fused-ring (bicyclic) bond motifs is 1. The van der Waals surface area contributed by atoms with Crippen molar-refractivity contribution in [2.24, 2.45) is 0 Å². The molecule has 0 saturated heterocycles. The number of pyridine rings is 2. The van der Waals surface area contributed by atoms with Crippen molar-refractivity contribution in [3.8, 4) is 17.1 Å². The highest BCUT2D eigenvalue weighted by Gasteiger charge is 2.18. The fraction of sp³-hybridized carbons (Fsp3) is 0.211. The molecule has 0 atom stereocenters. The van der Waals surface area contributed by atoms with Crippen LogP contribution in [0.3, 0.4) is 0 Å². The van der Waals surface area contributed by atoms with Gasteiger partial charge in [0.1, 0.15) is 5.65 Å². The molecule has 0 unspecified atom stereocenters. The van der Waals surface area contributed by atoms with Crippen LogP contribution in [-0.2, 0) is 0 Å². The van der Waals surface area contributed by atoms with Gasteiger partial charge in [-0.3, -0.25) is 0 Å². The number of hydrogen-bond acceptors (Lipinski definition) is 3. The van der Waals surface area contributed by atoms with Gasteiger partial charge in [-0.15, -0.1) is 0 Å². The van der Waals surface area contributed by atoms with Crippen molar-refractivity contribution in [1.82, 2.24) is 24.1 Å². The SMILES string of the molecule is Cc1cccc(-n2ncc(C(C)C)c2-c2ccc3nccn3c2)n1. The van der Waals surface area contributed by atoms with Gasteiger partial charge in [-0.25, -0.2) is 14.6 Å². The Hall–Kier alpha value is -2.95. The van der Waals surface area contributed by atoms with Gasteiger partial charge in [-0.05, 0) is 37.1 Å². The van der Waals surface area contributed by atoms with Gasteiger partial charge >= 0.3 is 0 Å². The lowest BCUT2D eigenvalue weighted by Gasteiger charge is -2.12. The first-order valence-corrected chi connectivity index (χ1v) is 8.08. The Kier molecular flexibility index (Phi) is 3.41. The van der Waals surface area contributed by atoms with E-state index in [-0.39, 0.29) is 0 Å². The summed E-state index contributed by atoms with van der Waals surface area (Å²) in [4.78, 5) is 8.95. The first kappa shape index (κ1) is 14.6. The van der Waals surface area contributed by atoms with Gasteiger partial charge in [-0.2, -0.15) is 5.10 Å². The van der Waals surface area contributed by atoms with Crippen LogP contribution < -0.4 is 0 Å². The number of imidazole rings is 1. The summed E-state index contributed by atoms with van der Waals surface area (Å²) in [7, 11) is 0. The molecular weight excluding hydrogens is 298 g/mol. The Morgan fingerprint density at radius 2 is 1.96 bits per heavy atom. The van der Waals surface area contributed by atoms with Crippen molar-refractivity contribution >= 4 is 5.65 Å². The zero-order valence-electron chi connectivity index (χ0n) is 14.0. The first-order chi connectivity index (χ1) is 11.6. The van der Waals surface area contributed by atoms with Crippen LogP contribution in [-0.4, -0.2) is 24.1 Å². The topological polar surface area (TPSA) is 48.0 Å². The molecule has 0 aromatic carbocycles. The van der Waals surface area contributed by atoms with Gasteiger partial charge in [0.2, 0.25) is 0 Å². The molecule has 0 amide bonds. The van der Waals surface area contributed by atoms with Crippen LogP contribution in [0.5, 0.6) is 0 Å². The summed E-state index contributed by atoms with van der Waals surface area (Å²) >= 11 is 0. The van der Waals surface area contributed by atoms with Gasteiger partial charge in [0, 0.05) is 35.4 Å². The van der Waals surface area contributed by atoms with Crippen molar-refractivity contribution in [1.29, 1.82) is 0 Å². The van der Waals surface area contributed by atoms with E-state index < -0.39 is 0 Å². The van der Waals surface area contributed by atoms with Crippen molar-refractivity contribution in [2.75, 3.05) is 0 Å². The quantitative estimate of drug-likeness (QED) is 0.573. The molecule has 4 heterocycles. The highest BCUT2D eigenvalue weighted by Crippen LogP contribution is 2.31. The number of nitrogens with zero attached hydrogens (tertiary/aromatic N) is 5. The van der Waals surface area contributed by atoms with Crippen LogP contribution in [0.1, 0.15) is 31.0 Å². The van der Waals surface area contributed by atoms with E-state index in [9.17, 15) is 0 Å². The molecule has 5 nitrogen and oxygen atoms in total. The zero-order valence-corrected chi connectivity index (χ0v) is 14.0. The second-order valence-corrected chi connectivity index (χ2v) is 6.26. The van der Waals surface area contributed by atoms with Crippen LogP contribution in [0.2, 0.25) is 0 Å². The van der Waals surface area contributed by atoms with Gasteiger partial charge in [-0.1, -0.05) is 19.9 Å². The fourth-order valence-corrected chi connectivity index (χ4v) is 2.95. The highest BCUT2D eigenvalue weighted by molar-refractivity contribution is 5.67. The van der Waals surface area contributed by atoms with Crippen molar-refractivity contribution < 1.29 is 0 Å². The first-order valence-electron chi connectivity index (χ1n) is 8.08. The number of aryl methyl sites for hydroxylation is 1. The molecule has 0 spiro atoms. The van der Waals surface area contributed by atoms with E-state index in [4.69, 9.17) is 0 Å². The maximum absolute atomic E-state index is 4.64. The van der Waals surface area contributed by atoms with Crippen molar-refractivity contribution in [3.63, 3.8) is 0 Å². The summed E-state index contributed by atoms with van der Waals surface area (Å²) in [5.74, 6) is 1.21. The van der Waals surface area contributed by atoms with E-state index in [2.05, 4.69) is 41.2 Å². The highest BCUT2D eigenvalue weighted by atomic mass is 15.3. The lowest BCUT2D eigenvalue weighted by molar-refractivity contribution is 0.842. The molecule has 0 aliphatic carbocycles. The third-order valence-corrected chi connectivity index (χ3v) is 4.17. The van der Waals surface area contributed by atoms with Crippen LogP contribution >= 0.6 is 0 Å². The minimum atomic E-state index is 0.372. The Balaban J connectivity index is 1.96. The molecule has 0 saturated carbocycles. The Labute approximate surface area is 140 Å². The summed E-state index contributed by atoms with van der Waals surface area (Å²) in [6.45, 7) is 6.36. The zero-order chi connectivity index (χ0) is 16.7. The molecular formula is C19H19N5. The predicted octanol–water partition coefficient (Wildman–Crippen LogP) is 4.01. The van der Waals surface area contributed by atoms with E-state index in [0.29, 0.717) is 5.92 Å². The lowest BCUT2D eigenvalue weighted by atomic mass is 10.0. The number of aromatic nitrogens is 5. The van der Waals surface area contributed by atoms with E-state index >= 15 is 0 Å². The average molecular weight is 317 g/mol. The second kappa shape index (κ2) is 5.60. The summed E-state index contributed by atoms with van der Waals surface area (Å²) in [6.07, 6.45) is 7.81. The van der Waals surface area contributed by atoms with Crippen molar-refractivity contribution in [3.05, 3.63) is 66.4 Å². The van der Waals surface area contributed by atoms with Crippen LogP contribution in [0.15, 0.2) is 55.1 Å². The summed E-state index contributed by atoms with van der Waals surface area (Å²) in [5, 5.41) is 4.62. The maximum atomic E-state index is 4.64. The lowest BCUT2D eigenvalue weighted by Crippen LogP contribution is -2.04. The normalized spacial score (nSPS) is 11.5. The Morgan fingerprint density at radius 1 is 1.08 bits per heavy atom.